The molecule has 0 radical (unpaired) electrons. The number of amides is 1. The lowest BCUT2D eigenvalue weighted by molar-refractivity contribution is 0.0792. The lowest BCUT2D eigenvalue weighted by atomic mass is 10.3. The van der Waals surface area contributed by atoms with Crippen LogP contribution in [-0.4, -0.2) is 74.1 Å². The summed E-state index contributed by atoms with van der Waals surface area (Å²) in [5.41, 5.74) is 11.8. The molecule has 118 valence electrons. The van der Waals surface area contributed by atoms with E-state index in [0.29, 0.717) is 17.2 Å². The Morgan fingerprint density at radius 2 is 2.14 bits per heavy atom. The van der Waals surface area contributed by atoms with Crippen LogP contribution in [0.1, 0.15) is 16.1 Å². The number of nitrogens with two attached hydrogens (primary N) is 2. The fourth-order valence-electron chi connectivity index (χ4n) is 2.19. The van der Waals surface area contributed by atoms with E-state index in [1.54, 1.807) is 11.9 Å². The molecule has 1 aromatic heterocycles. The number of thiazole rings is 1. The molecule has 1 aliphatic heterocycles. The first kappa shape index (κ1) is 16.0. The summed E-state index contributed by atoms with van der Waals surface area (Å²) >= 11 is 1.36. The van der Waals surface area contributed by atoms with Gasteiger partial charge in [0.2, 0.25) is 0 Å². The van der Waals surface area contributed by atoms with Gasteiger partial charge in [0.25, 0.3) is 5.91 Å². The molecule has 7 nitrogen and oxygen atoms in total. The number of carbonyl (C=O) groups excluding carboxylic acids is 1. The molecule has 0 bridgehead atoms. The number of rotatable bonds is 5. The van der Waals surface area contributed by atoms with Crippen molar-refractivity contribution in [1.29, 1.82) is 0 Å². The smallest absolute Gasteiger partial charge is 0.267 e. The summed E-state index contributed by atoms with van der Waals surface area (Å²) in [5, 5.41) is 0.796. The average Bonchev–Trinajstić information content (AvgIpc) is 3.01. The largest absolute Gasteiger partial charge is 0.382 e. The summed E-state index contributed by atoms with van der Waals surface area (Å²) in [6.07, 6.45) is 0.950. The van der Waals surface area contributed by atoms with Gasteiger partial charge in [0.05, 0.1) is 0 Å². The number of hydrogen-bond donors (Lipinski definition) is 2. The van der Waals surface area contributed by atoms with Crippen LogP contribution < -0.4 is 16.4 Å². The van der Waals surface area contributed by atoms with Gasteiger partial charge in [0.1, 0.15) is 10.7 Å². The number of carbonyl (C=O) groups is 1. The third-order valence-corrected chi connectivity index (χ3v) is 4.68. The van der Waals surface area contributed by atoms with Gasteiger partial charge in [-0.15, -0.1) is 0 Å². The third-order valence-electron chi connectivity index (χ3n) is 3.56. The molecule has 8 heteroatoms. The first-order valence-electron chi connectivity index (χ1n) is 7.05. The Morgan fingerprint density at radius 1 is 1.43 bits per heavy atom. The van der Waals surface area contributed by atoms with Crippen molar-refractivity contribution in [3.63, 3.8) is 0 Å². The molecule has 1 unspecified atom stereocenters. The molecule has 0 saturated carbocycles. The van der Waals surface area contributed by atoms with Crippen molar-refractivity contribution in [3.8, 4) is 0 Å². The minimum atomic E-state index is -0.0680. The van der Waals surface area contributed by atoms with Crippen LogP contribution in [0.2, 0.25) is 0 Å². The molecule has 1 atom stereocenters. The number of anilines is 2. The zero-order valence-electron chi connectivity index (χ0n) is 12.9. The van der Waals surface area contributed by atoms with Gasteiger partial charge in [-0.3, -0.25) is 4.79 Å². The van der Waals surface area contributed by atoms with E-state index in [0.717, 1.165) is 31.2 Å². The molecular formula is C13H24N6OS. The average molecular weight is 312 g/mol. The molecule has 21 heavy (non-hydrogen) atoms. The van der Waals surface area contributed by atoms with E-state index in [1.807, 2.05) is 19.0 Å². The number of nitrogens with zero attached hydrogens (tertiary/aromatic N) is 4. The Hall–Kier alpha value is -1.38. The van der Waals surface area contributed by atoms with Gasteiger partial charge in [-0.1, -0.05) is 11.3 Å². The number of hydrogen-bond acceptors (Lipinski definition) is 7. The molecule has 1 fully saturated rings. The molecule has 0 aromatic carbocycles. The summed E-state index contributed by atoms with van der Waals surface area (Å²) in [6.45, 7) is 3.12. The van der Waals surface area contributed by atoms with Crippen molar-refractivity contribution in [2.45, 2.75) is 12.5 Å². The normalized spacial score (nSPS) is 18.5. The highest BCUT2D eigenvalue weighted by Gasteiger charge is 2.26. The number of aromatic nitrogens is 1. The molecule has 1 amide bonds. The van der Waals surface area contributed by atoms with Gasteiger partial charge < -0.3 is 26.2 Å². The van der Waals surface area contributed by atoms with Crippen LogP contribution in [0.4, 0.5) is 10.9 Å². The monoisotopic (exact) mass is 312 g/mol. The van der Waals surface area contributed by atoms with Crippen molar-refractivity contribution >= 4 is 28.2 Å². The number of nitrogen functional groups attached to an aromatic ring is 1. The summed E-state index contributed by atoms with van der Waals surface area (Å²) < 4.78 is 0. The standard InChI is InChI=1S/C13H24N6OS/c1-17(2)6-7-18(3)12(20)10-11(15)16-13(21-10)19-5-4-9(14)8-19/h9H,4-8,14-15H2,1-3H3. The summed E-state index contributed by atoms with van der Waals surface area (Å²) in [6, 6.07) is 0.178. The van der Waals surface area contributed by atoms with E-state index in [-0.39, 0.29) is 11.9 Å². The molecular weight excluding hydrogens is 288 g/mol. The van der Waals surface area contributed by atoms with E-state index in [4.69, 9.17) is 11.5 Å². The van der Waals surface area contributed by atoms with Gasteiger partial charge in [-0.2, -0.15) is 0 Å². The van der Waals surface area contributed by atoms with Crippen molar-refractivity contribution < 1.29 is 4.79 Å². The van der Waals surface area contributed by atoms with Crippen molar-refractivity contribution in [2.24, 2.45) is 5.73 Å². The molecule has 1 aliphatic rings. The van der Waals surface area contributed by atoms with E-state index in [1.165, 1.54) is 11.3 Å². The van der Waals surface area contributed by atoms with E-state index in [9.17, 15) is 4.79 Å². The Bertz CT molecular complexity index is 503. The second kappa shape index (κ2) is 6.59. The van der Waals surface area contributed by atoms with Crippen LogP contribution in [0.3, 0.4) is 0 Å². The molecule has 0 spiro atoms. The quantitative estimate of drug-likeness (QED) is 0.789. The third kappa shape index (κ3) is 3.84. The van der Waals surface area contributed by atoms with Crippen molar-refractivity contribution in [3.05, 3.63) is 4.88 Å². The highest BCUT2D eigenvalue weighted by Crippen LogP contribution is 2.30. The molecule has 2 rings (SSSR count). The van der Waals surface area contributed by atoms with Crippen LogP contribution in [0.25, 0.3) is 0 Å². The Morgan fingerprint density at radius 3 is 2.71 bits per heavy atom. The predicted octanol–water partition coefficient (Wildman–Crippen LogP) is -0.104. The maximum Gasteiger partial charge on any atom is 0.267 e. The Balaban J connectivity index is 2.06. The van der Waals surface area contributed by atoms with Crippen LogP contribution in [-0.2, 0) is 0 Å². The van der Waals surface area contributed by atoms with E-state index in [2.05, 4.69) is 9.88 Å². The lowest BCUT2D eigenvalue weighted by Crippen LogP contribution is -2.33. The highest BCUT2D eigenvalue weighted by atomic mass is 32.1. The van der Waals surface area contributed by atoms with Gasteiger partial charge >= 0.3 is 0 Å². The molecule has 1 aromatic rings. The van der Waals surface area contributed by atoms with Crippen LogP contribution in [0, 0.1) is 0 Å². The summed E-state index contributed by atoms with van der Waals surface area (Å²) in [7, 11) is 5.75. The Labute approximate surface area is 129 Å². The van der Waals surface area contributed by atoms with Gasteiger partial charge in [0, 0.05) is 39.3 Å². The molecule has 2 heterocycles. The molecule has 0 aliphatic carbocycles. The van der Waals surface area contributed by atoms with Crippen molar-refractivity contribution in [1.82, 2.24) is 14.8 Å². The van der Waals surface area contributed by atoms with Gasteiger partial charge in [-0.05, 0) is 20.5 Å². The van der Waals surface area contributed by atoms with Crippen LogP contribution in [0.5, 0.6) is 0 Å². The van der Waals surface area contributed by atoms with E-state index >= 15 is 0 Å². The lowest BCUT2D eigenvalue weighted by Gasteiger charge is -2.19. The fourth-order valence-corrected chi connectivity index (χ4v) is 3.21. The highest BCUT2D eigenvalue weighted by molar-refractivity contribution is 7.18. The minimum Gasteiger partial charge on any atom is -0.382 e. The molecule has 1 saturated heterocycles. The zero-order chi connectivity index (χ0) is 15.6. The zero-order valence-corrected chi connectivity index (χ0v) is 13.7. The summed E-state index contributed by atoms with van der Waals surface area (Å²) in [4.78, 5) is 23.1. The SMILES string of the molecule is CN(C)CCN(C)C(=O)c1sc(N2CCC(N)C2)nc1N. The second-order valence-corrected chi connectivity index (χ2v) is 6.71. The van der Waals surface area contributed by atoms with Gasteiger partial charge in [0.15, 0.2) is 5.13 Å². The van der Waals surface area contributed by atoms with Gasteiger partial charge in [-0.25, -0.2) is 4.98 Å². The topological polar surface area (TPSA) is 91.7 Å². The first-order chi connectivity index (χ1) is 9.88. The van der Waals surface area contributed by atoms with Crippen LogP contribution in [0.15, 0.2) is 0 Å². The number of likely N-dealkylation sites (N-methyl/N-ethyl adjacent to an activating group) is 2. The minimum absolute atomic E-state index is 0.0680. The maximum absolute atomic E-state index is 12.4. The summed E-state index contributed by atoms with van der Waals surface area (Å²) in [5.74, 6) is 0.249. The second-order valence-electron chi connectivity index (χ2n) is 5.74. The Kier molecular flexibility index (Phi) is 5.02. The van der Waals surface area contributed by atoms with E-state index < -0.39 is 0 Å². The maximum atomic E-state index is 12.4. The van der Waals surface area contributed by atoms with Crippen LogP contribution >= 0.6 is 11.3 Å². The van der Waals surface area contributed by atoms with Crippen molar-refractivity contribution in [2.75, 3.05) is 58.0 Å². The predicted molar refractivity (Wildman–Crippen MR) is 86.8 cm³/mol. The first-order valence-corrected chi connectivity index (χ1v) is 7.87. The fraction of sp³-hybridized carbons (Fsp3) is 0.692. The molecule has 4 N–H and O–H groups in total.